The van der Waals surface area contributed by atoms with E-state index in [1.807, 2.05) is 0 Å². The molecular formula is C9H6O8-4. The molecule has 4 unspecified atom stereocenters. The molecule has 1 aliphatic carbocycles. The normalized spacial score (nSPS) is 32.0. The highest BCUT2D eigenvalue weighted by Gasteiger charge is 2.45. The minimum Gasteiger partial charge on any atom is -0.550 e. The highest BCUT2D eigenvalue weighted by molar-refractivity contribution is 5.88. The molecular weight excluding hydrogens is 236 g/mol. The molecule has 94 valence electrons. The molecule has 1 fully saturated rings. The summed E-state index contributed by atoms with van der Waals surface area (Å²) in [6.45, 7) is 0. The molecule has 0 radical (unpaired) electrons. The summed E-state index contributed by atoms with van der Waals surface area (Å²) in [7, 11) is 0. The Labute approximate surface area is 94.5 Å². The second-order valence-corrected chi connectivity index (χ2v) is 3.78. The van der Waals surface area contributed by atoms with E-state index in [9.17, 15) is 39.6 Å². The van der Waals surface area contributed by atoms with Crippen LogP contribution < -0.4 is 20.4 Å². The van der Waals surface area contributed by atoms with Crippen molar-refractivity contribution in [3.05, 3.63) is 0 Å². The predicted octanol–water partition coefficient (Wildman–Crippen LogP) is -6.15. The lowest BCUT2D eigenvalue weighted by Crippen LogP contribution is -2.49. The Balaban J connectivity index is 3.17. The predicted molar refractivity (Wildman–Crippen MR) is 38.6 cm³/mol. The summed E-state index contributed by atoms with van der Waals surface area (Å²) >= 11 is 0. The van der Waals surface area contributed by atoms with Crippen LogP contribution in [0.2, 0.25) is 0 Å². The summed E-state index contributed by atoms with van der Waals surface area (Å²) in [5.41, 5.74) is 0. The maximum Gasteiger partial charge on any atom is 0.0458 e. The van der Waals surface area contributed by atoms with Crippen LogP contribution in [0.1, 0.15) is 6.42 Å². The monoisotopic (exact) mass is 242 g/mol. The van der Waals surface area contributed by atoms with E-state index >= 15 is 0 Å². The standard InChI is InChI=1S/C9H10O8/c10-6(11)2-1-3(7(12)13)5(9(16)17)4(2)8(14)15/h2-5H,1H2,(H,10,11)(H,12,13)(H,14,15)(H,16,17)/p-4. The van der Waals surface area contributed by atoms with Crippen LogP contribution in [0.5, 0.6) is 0 Å². The first-order valence-corrected chi connectivity index (χ1v) is 4.60. The molecule has 0 aromatic heterocycles. The molecule has 0 spiro atoms. The van der Waals surface area contributed by atoms with E-state index in [0.29, 0.717) is 0 Å². The maximum atomic E-state index is 10.7. The molecule has 1 aliphatic rings. The minimum atomic E-state index is -1.99. The average Bonchev–Trinajstić information content (AvgIpc) is 2.56. The Kier molecular flexibility index (Phi) is 3.35. The quantitative estimate of drug-likeness (QED) is 0.470. The number of carboxylic acids is 4. The van der Waals surface area contributed by atoms with Crippen molar-refractivity contribution in [3.63, 3.8) is 0 Å². The number of carbonyl (C=O) groups is 4. The van der Waals surface area contributed by atoms with Gasteiger partial charge >= 0.3 is 0 Å². The van der Waals surface area contributed by atoms with Gasteiger partial charge in [0.2, 0.25) is 0 Å². The second-order valence-electron chi connectivity index (χ2n) is 3.78. The maximum absolute atomic E-state index is 10.7. The van der Waals surface area contributed by atoms with Gasteiger partial charge in [-0.1, -0.05) is 0 Å². The van der Waals surface area contributed by atoms with Crippen molar-refractivity contribution in [3.8, 4) is 0 Å². The smallest absolute Gasteiger partial charge is 0.0458 e. The van der Waals surface area contributed by atoms with Gasteiger partial charge in [0.25, 0.3) is 0 Å². The third kappa shape index (κ3) is 2.19. The Morgan fingerprint density at radius 3 is 1.12 bits per heavy atom. The molecule has 0 saturated heterocycles. The van der Waals surface area contributed by atoms with E-state index < -0.39 is 54.0 Å². The van der Waals surface area contributed by atoms with E-state index in [1.165, 1.54) is 0 Å². The van der Waals surface area contributed by atoms with Gasteiger partial charge in [0.1, 0.15) is 0 Å². The number of carboxylic acid groups (broad SMARTS) is 4. The minimum absolute atomic E-state index is 0.692. The summed E-state index contributed by atoms with van der Waals surface area (Å²) in [5, 5.41) is 42.6. The number of carbonyl (C=O) groups excluding carboxylic acids is 4. The van der Waals surface area contributed by atoms with E-state index in [-0.39, 0.29) is 0 Å². The first kappa shape index (κ1) is 12.9. The van der Waals surface area contributed by atoms with Crippen LogP contribution in [-0.4, -0.2) is 23.9 Å². The van der Waals surface area contributed by atoms with Crippen LogP contribution in [-0.2, 0) is 19.2 Å². The Hall–Kier alpha value is -2.12. The first-order valence-electron chi connectivity index (χ1n) is 4.60. The van der Waals surface area contributed by atoms with Crippen LogP contribution in [0.4, 0.5) is 0 Å². The molecule has 8 nitrogen and oxygen atoms in total. The lowest BCUT2D eigenvalue weighted by Gasteiger charge is -2.28. The lowest BCUT2D eigenvalue weighted by atomic mass is 9.87. The van der Waals surface area contributed by atoms with Crippen molar-refractivity contribution < 1.29 is 39.6 Å². The van der Waals surface area contributed by atoms with Gasteiger partial charge < -0.3 is 39.6 Å². The summed E-state index contributed by atoms with van der Waals surface area (Å²) in [6, 6.07) is 0. The van der Waals surface area contributed by atoms with Gasteiger partial charge in [0.15, 0.2) is 0 Å². The Morgan fingerprint density at radius 1 is 0.647 bits per heavy atom. The van der Waals surface area contributed by atoms with Crippen LogP contribution in [0.15, 0.2) is 0 Å². The zero-order valence-corrected chi connectivity index (χ0v) is 8.28. The Morgan fingerprint density at radius 2 is 0.941 bits per heavy atom. The van der Waals surface area contributed by atoms with E-state index in [4.69, 9.17) is 0 Å². The zero-order chi connectivity index (χ0) is 13.3. The lowest BCUT2D eigenvalue weighted by molar-refractivity contribution is -0.335. The molecule has 1 saturated carbocycles. The molecule has 0 amide bonds. The van der Waals surface area contributed by atoms with Crippen LogP contribution in [0.3, 0.4) is 0 Å². The molecule has 0 aromatic carbocycles. The fourth-order valence-electron chi connectivity index (χ4n) is 2.17. The van der Waals surface area contributed by atoms with Gasteiger partial charge in [-0.25, -0.2) is 0 Å². The highest BCUT2D eigenvalue weighted by Crippen LogP contribution is 2.40. The van der Waals surface area contributed by atoms with Crippen molar-refractivity contribution in [2.45, 2.75) is 6.42 Å². The van der Waals surface area contributed by atoms with Crippen LogP contribution in [0.25, 0.3) is 0 Å². The SMILES string of the molecule is O=C([O-])C1CC(C(=O)[O-])C(C(=O)[O-])C1C(=O)[O-]. The summed E-state index contributed by atoms with van der Waals surface area (Å²) in [6.07, 6.45) is -0.692. The highest BCUT2D eigenvalue weighted by atomic mass is 16.4. The summed E-state index contributed by atoms with van der Waals surface area (Å²) in [5.74, 6) is -15.1. The molecule has 0 N–H and O–H groups in total. The largest absolute Gasteiger partial charge is 0.550 e. The molecule has 8 heteroatoms. The number of aliphatic carboxylic acids is 4. The van der Waals surface area contributed by atoms with Gasteiger partial charge in [-0.2, -0.15) is 0 Å². The number of rotatable bonds is 4. The van der Waals surface area contributed by atoms with Crippen molar-refractivity contribution in [1.29, 1.82) is 0 Å². The summed E-state index contributed by atoms with van der Waals surface area (Å²) in [4.78, 5) is 42.6. The van der Waals surface area contributed by atoms with Crippen LogP contribution in [0, 0.1) is 23.7 Å². The molecule has 17 heavy (non-hydrogen) atoms. The third-order valence-electron chi connectivity index (χ3n) is 2.91. The van der Waals surface area contributed by atoms with Gasteiger partial charge in [-0.3, -0.25) is 0 Å². The summed E-state index contributed by atoms with van der Waals surface area (Å²) < 4.78 is 0. The van der Waals surface area contributed by atoms with Crippen molar-refractivity contribution in [2.75, 3.05) is 0 Å². The van der Waals surface area contributed by atoms with Crippen LogP contribution >= 0.6 is 0 Å². The Bertz CT molecular complexity index is 350. The zero-order valence-electron chi connectivity index (χ0n) is 8.28. The van der Waals surface area contributed by atoms with E-state index in [0.717, 1.165) is 0 Å². The van der Waals surface area contributed by atoms with Gasteiger partial charge in [0, 0.05) is 47.5 Å². The third-order valence-corrected chi connectivity index (χ3v) is 2.91. The van der Waals surface area contributed by atoms with Crippen molar-refractivity contribution in [2.24, 2.45) is 23.7 Å². The number of hydrogen-bond donors (Lipinski definition) is 0. The van der Waals surface area contributed by atoms with Crippen molar-refractivity contribution >= 4 is 23.9 Å². The van der Waals surface area contributed by atoms with Crippen molar-refractivity contribution in [1.82, 2.24) is 0 Å². The fourth-order valence-corrected chi connectivity index (χ4v) is 2.17. The number of hydrogen-bond acceptors (Lipinski definition) is 8. The second kappa shape index (κ2) is 4.40. The molecule has 1 rings (SSSR count). The van der Waals surface area contributed by atoms with E-state index in [2.05, 4.69) is 0 Å². The fraction of sp³-hybridized carbons (Fsp3) is 0.556. The van der Waals surface area contributed by atoms with Gasteiger partial charge in [-0.15, -0.1) is 0 Å². The topological polar surface area (TPSA) is 161 Å². The molecule has 0 aliphatic heterocycles. The van der Waals surface area contributed by atoms with E-state index in [1.54, 1.807) is 0 Å². The van der Waals surface area contributed by atoms with Gasteiger partial charge in [0.05, 0.1) is 0 Å². The first-order chi connectivity index (χ1) is 7.77. The van der Waals surface area contributed by atoms with Gasteiger partial charge in [-0.05, 0) is 6.42 Å². The molecule has 4 atom stereocenters. The molecule has 0 aromatic rings. The molecule has 0 bridgehead atoms. The average molecular weight is 242 g/mol. The molecule has 0 heterocycles.